The first-order valence-electron chi connectivity index (χ1n) is 11.0. The quantitative estimate of drug-likeness (QED) is 0.333. The number of halogens is 1. The van der Waals surface area contributed by atoms with E-state index < -0.39 is 18.5 Å². The van der Waals surface area contributed by atoms with Crippen LogP contribution in [0.1, 0.15) is 55.3 Å². The summed E-state index contributed by atoms with van der Waals surface area (Å²) < 4.78 is 20.1. The topological polar surface area (TPSA) is 101 Å². The first kappa shape index (κ1) is 25.8. The van der Waals surface area contributed by atoms with E-state index in [0.29, 0.717) is 23.2 Å². The fourth-order valence-electron chi connectivity index (χ4n) is 3.74. The van der Waals surface area contributed by atoms with Gasteiger partial charge in [0.05, 0.1) is 12.0 Å². The van der Waals surface area contributed by atoms with Crippen molar-refractivity contribution < 1.29 is 23.5 Å². The smallest absolute Gasteiger partial charge is 0.306 e. The molecule has 7 nitrogen and oxygen atoms in total. The van der Waals surface area contributed by atoms with Crippen molar-refractivity contribution in [2.45, 2.75) is 47.1 Å². The molecule has 1 N–H and O–H groups in total. The monoisotopic (exact) mass is 495 g/mol. The second-order valence-corrected chi connectivity index (χ2v) is 9.68. The third-order valence-corrected chi connectivity index (χ3v) is 6.68. The molecule has 9 heteroatoms. The summed E-state index contributed by atoms with van der Waals surface area (Å²) in [5.41, 5.74) is 3.18. The number of hydrogen-bond donors (Lipinski definition) is 1. The predicted octanol–water partition coefficient (Wildman–Crippen LogP) is 4.99. The molecule has 0 fully saturated rings. The van der Waals surface area contributed by atoms with Crippen LogP contribution in [0, 0.1) is 44.8 Å². The minimum Gasteiger partial charge on any atom is -0.456 e. The van der Waals surface area contributed by atoms with Gasteiger partial charge in [0, 0.05) is 34.0 Å². The van der Waals surface area contributed by atoms with Crippen LogP contribution in [-0.2, 0) is 20.9 Å². The van der Waals surface area contributed by atoms with E-state index >= 15 is 0 Å². The molecular weight excluding hydrogens is 469 g/mol. The molecule has 1 aromatic carbocycles. The van der Waals surface area contributed by atoms with Crippen LogP contribution in [0.3, 0.4) is 0 Å². The molecule has 0 aliphatic rings. The second kappa shape index (κ2) is 11.1. The Bertz CT molecular complexity index is 1320. The molecule has 0 radical (unpaired) electrons. The Morgan fingerprint density at radius 2 is 1.80 bits per heavy atom. The molecule has 0 aliphatic carbocycles. The van der Waals surface area contributed by atoms with E-state index in [1.165, 1.54) is 23.5 Å². The van der Waals surface area contributed by atoms with E-state index in [-0.39, 0.29) is 30.3 Å². The van der Waals surface area contributed by atoms with Crippen molar-refractivity contribution in [2.24, 2.45) is 0 Å². The van der Waals surface area contributed by atoms with Crippen LogP contribution in [-0.4, -0.2) is 28.8 Å². The number of nitriles is 1. The lowest BCUT2D eigenvalue weighted by molar-refractivity contribution is -0.147. The van der Waals surface area contributed by atoms with Crippen LogP contribution in [0.2, 0.25) is 0 Å². The molecule has 35 heavy (non-hydrogen) atoms. The number of Topliss-reactive ketones (excluding diaryl/α,β-unsaturated/α-hetero) is 1. The SMILES string of the molecule is Cc1cc(C(=O)CCC(=O)OCC(=O)Nc2c(C#N)c(C)c(C)n2Cc2ccc(F)cc2)c(C)s1. The molecule has 0 atom stereocenters. The lowest BCUT2D eigenvalue weighted by Crippen LogP contribution is -2.23. The number of anilines is 1. The van der Waals surface area contributed by atoms with Gasteiger partial charge in [-0.3, -0.25) is 14.4 Å². The number of aryl methyl sites for hydroxylation is 2. The average molecular weight is 496 g/mol. The van der Waals surface area contributed by atoms with E-state index in [4.69, 9.17) is 4.74 Å². The molecule has 0 spiro atoms. The summed E-state index contributed by atoms with van der Waals surface area (Å²) in [6, 6.07) is 9.85. The molecule has 0 saturated carbocycles. The average Bonchev–Trinajstić information content (AvgIpc) is 3.27. The summed E-state index contributed by atoms with van der Waals surface area (Å²) in [6.07, 6.45) is -0.141. The number of esters is 1. The van der Waals surface area contributed by atoms with E-state index in [0.717, 1.165) is 21.0 Å². The Morgan fingerprint density at radius 1 is 1.11 bits per heavy atom. The Kier molecular flexibility index (Phi) is 8.20. The largest absolute Gasteiger partial charge is 0.456 e. The van der Waals surface area contributed by atoms with Crippen molar-refractivity contribution in [2.75, 3.05) is 11.9 Å². The fourth-order valence-corrected chi connectivity index (χ4v) is 4.69. The van der Waals surface area contributed by atoms with Gasteiger partial charge in [-0.1, -0.05) is 12.1 Å². The zero-order valence-electron chi connectivity index (χ0n) is 20.0. The summed E-state index contributed by atoms with van der Waals surface area (Å²) in [5.74, 6) is -1.48. The number of ketones is 1. The van der Waals surface area contributed by atoms with Gasteiger partial charge in [0.25, 0.3) is 5.91 Å². The molecule has 0 bridgehead atoms. The van der Waals surface area contributed by atoms with E-state index in [1.807, 2.05) is 20.8 Å². The van der Waals surface area contributed by atoms with Crippen molar-refractivity contribution in [1.29, 1.82) is 5.26 Å². The molecule has 0 unspecified atom stereocenters. The van der Waals surface area contributed by atoms with Gasteiger partial charge in [-0.05, 0) is 57.0 Å². The first-order chi connectivity index (χ1) is 16.6. The fraction of sp³-hybridized carbons (Fsp3) is 0.308. The van der Waals surface area contributed by atoms with E-state index in [9.17, 15) is 24.0 Å². The Morgan fingerprint density at radius 3 is 2.40 bits per heavy atom. The third-order valence-electron chi connectivity index (χ3n) is 5.71. The van der Waals surface area contributed by atoms with Gasteiger partial charge in [0.1, 0.15) is 17.7 Å². The summed E-state index contributed by atoms with van der Waals surface area (Å²) in [7, 11) is 0. The predicted molar refractivity (Wildman–Crippen MR) is 131 cm³/mol. The summed E-state index contributed by atoms with van der Waals surface area (Å²) in [5, 5.41) is 12.3. The van der Waals surface area contributed by atoms with Gasteiger partial charge in [0.2, 0.25) is 0 Å². The van der Waals surface area contributed by atoms with Crippen LogP contribution in [0.25, 0.3) is 0 Å². The van der Waals surface area contributed by atoms with Crippen LogP contribution >= 0.6 is 11.3 Å². The molecule has 2 aromatic heterocycles. The maximum atomic E-state index is 13.3. The number of nitrogens with one attached hydrogen (secondary N) is 1. The standard InChI is InChI=1S/C26H26FN3O4S/c1-15-11-21(18(4)35-15)23(31)9-10-25(33)34-14-24(32)29-26-22(12-28)16(2)17(3)30(26)13-19-5-7-20(27)8-6-19/h5-8,11H,9-10,13-14H2,1-4H3,(H,29,32). The molecule has 1 amide bonds. The number of carbonyl (C=O) groups is 3. The maximum absolute atomic E-state index is 13.3. The molecule has 0 aliphatic heterocycles. The molecular formula is C26H26FN3O4S. The zero-order chi connectivity index (χ0) is 25.7. The maximum Gasteiger partial charge on any atom is 0.306 e. The summed E-state index contributed by atoms with van der Waals surface area (Å²) >= 11 is 1.52. The summed E-state index contributed by atoms with van der Waals surface area (Å²) in [4.78, 5) is 38.9. The van der Waals surface area contributed by atoms with Crippen molar-refractivity contribution >= 4 is 34.8 Å². The first-order valence-corrected chi connectivity index (χ1v) is 11.8. The molecule has 2 heterocycles. The van der Waals surface area contributed by atoms with Gasteiger partial charge in [-0.15, -0.1) is 11.3 Å². The molecule has 3 aromatic rings. The van der Waals surface area contributed by atoms with E-state index in [2.05, 4.69) is 11.4 Å². The van der Waals surface area contributed by atoms with Crippen molar-refractivity contribution in [3.63, 3.8) is 0 Å². The lowest BCUT2D eigenvalue weighted by atomic mass is 10.1. The summed E-state index contributed by atoms with van der Waals surface area (Å²) in [6.45, 7) is 7.14. The minimum absolute atomic E-state index is 0.00500. The minimum atomic E-state index is -0.660. The highest BCUT2D eigenvalue weighted by atomic mass is 32.1. The number of thiophene rings is 1. The number of aromatic nitrogens is 1. The number of benzene rings is 1. The lowest BCUT2D eigenvalue weighted by Gasteiger charge is -2.13. The highest BCUT2D eigenvalue weighted by molar-refractivity contribution is 7.12. The van der Waals surface area contributed by atoms with Crippen molar-refractivity contribution in [1.82, 2.24) is 4.57 Å². The van der Waals surface area contributed by atoms with Gasteiger partial charge < -0.3 is 14.6 Å². The highest BCUT2D eigenvalue weighted by Gasteiger charge is 2.21. The number of nitrogens with zero attached hydrogens (tertiary/aromatic N) is 2. The Labute approximate surface area is 207 Å². The van der Waals surface area contributed by atoms with Gasteiger partial charge in [-0.2, -0.15) is 5.26 Å². The molecule has 0 saturated heterocycles. The third kappa shape index (κ3) is 6.22. The Hall–Kier alpha value is -3.77. The number of hydrogen-bond acceptors (Lipinski definition) is 6. The number of rotatable bonds is 9. The number of carbonyl (C=O) groups excluding carboxylic acids is 3. The van der Waals surface area contributed by atoms with Crippen LogP contribution < -0.4 is 5.32 Å². The van der Waals surface area contributed by atoms with Gasteiger partial charge in [-0.25, -0.2) is 4.39 Å². The van der Waals surface area contributed by atoms with Crippen LogP contribution in [0.4, 0.5) is 10.2 Å². The number of ether oxygens (including phenoxy) is 1. The number of amides is 1. The van der Waals surface area contributed by atoms with Gasteiger partial charge >= 0.3 is 5.97 Å². The highest BCUT2D eigenvalue weighted by Crippen LogP contribution is 2.27. The molecule has 3 rings (SSSR count). The van der Waals surface area contributed by atoms with E-state index in [1.54, 1.807) is 29.7 Å². The van der Waals surface area contributed by atoms with Gasteiger partial charge in [0.15, 0.2) is 12.4 Å². The molecule has 182 valence electrons. The Balaban J connectivity index is 1.62. The normalized spacial score (nSPS) is 10.6. The van der Waals surface area contributed by atoms with Crippen molar-refractivity contribution in [3.05, 3.63) is 73.9 Å². The van der Waals surface area contributed by atoms with Crippen LogP contribution in [0.15, 0.2) is 30.3 Å². The second-order valence-electron chi connectivity index (χ2n) is 8.22. The zero-order valence-corrected chi connectivity index (χ0v) is 20.8. The van der Waals surface area contributed by atoms with Crippen molar-refractivity contribution in [3.8, 4) is 6.07 Å². The van der Waals surface area contributed by atoms with Crippen LogP contribution in [0.5, 0.6) is 0 Å².